The lowest BCUT2D eigenvalue weighted by Crippen LogP contribution is -2.27. The third kappa shape index (κ3) is 25.7. The number of nitrogens with zero attached hydrogens (tertiary/aromatic N) is 10. The molecule has 40 heteroatoms. The Morgan fingerprint density at radius 1 is 0.447 bits per heavy atom. The SMILES string of the molecule is C.Cc1ccc(N)cc1NC(=O)c1csc2c(NC3CC3)ncnc12.Cc1ccc(NC(=O)OC(C)(C)C)cc1N.Cc1ccc(NC(=O)OC(C)(C)C)cc1NC(=O)c1csc2c(NC3CC3)ncnc12.Cc1cn(-c2ccc(C(=O)Nc3ccc(C)c(NC(=O)c4csc5c(NC6CC6)ncnc45)c3)cc2C(F)(F)F)cn1.O=C(O)c1csc2c(NC3CC3)ncnc12.[2H]CF. The van der Waals surface area contributed by atoms with E-state index < -0.39 is 54.2 Å². The van der Waals surface area contributed by atoms with Gasteiger partial charge in [0.05, 0.1) is 89.4 Å². The van der Waals surface area contributed by atoms with Crippen molar-refractivity contribution in [3.63, 3.8) is 0 Å². The van der Waals surface area contributed by atoms with E-state index >= 15 is 0 Å². The van der Waals surface area contributed by atoms with Crippen molar-refractivity contribution in [1.82, 2.24) is 49.4 Å². The Hall–Kier alpha value is -14.1. The van der Waals surface area contributed by atoms with Crippen molar-refractivity contribution in [2.45, 2.75) is 177 Å². The highest BCUT2D eigenvalue weighted by molar-refractivity contribution is 7.19. The summed E-state index contributed by atoms with van der Waals surface area (Å²) in [5, 5.41) is 46.0. The highest BCUT2D eigenvalue weighted by atomic mass is 32.1. The van der Waals surface area contributed by atoms with E-state index in [1.807, 2.05) is 71.2 Å². The molecule has 6 amide bonds. The zero-order valence-electron chi connectivity index (χ0n) is 74.0. The second-order valence-corrected chi connectivity index (χ2v) is 36.6. The zero-order valence-corrected chi connectivity index (χ0v) is 76.3. The first kappa shape index (κ1) is 95.5. The molecule has 690 valence electrons. The van der Waals surface area contributed by atoms with Crippen LogP contribution in [0.25, 0.3) is 46.6 Å². The Morgan fingerprint density at radius 3 is 1.14 bits per heavy atom. The van der Waals surface area contributed by atoms with Gasteiger partial charge < -0.3 is 73.1 Å². The second-order valence-electron chi connectivity index (χ2n) is 33.1. The van der Waals surface area contributed by atoms with E-state index in [4.69, 9.17) is 27.4 Å². The van der Waals surface area contributed by atoms with Gasteiger partial charge in [0.25, 0.3) is 23.6 Å². The number of hydrogen-bond acceptors (Lipinski definition) is 28. The molecule has 4 aliphatic rings. The van der Waals surface area contributed by atoms with Gasteiger partial charge in [-0.05, 0) is 217 Å². The Kier molecular flexibility index (Phi) is 30.2. The molecule has 5 aromatic carbocycles. The standard InChI is InChI=1S/C29H24F3N7O2S.C22H25N5O3S.C17H17N5OS.C12H18N2O2.C10H9N3O2S.CH3F.CH4/c1-15-3-5-19(37-27(40)17-4-8-23(21(9-17)29(30,31)32)39-11-16(2)35-14-39)10-22(15)38-28(41)20-12-42-25-24(20)33-13-34-26(25)36-18-6-7-18;1-12-5-6-14(26-21(29)30-22(2,3)4)9-16(12)27-20(28)15-10-31-18-17(15)23-11-24-19(18)25-13-7-8-13;1-9-2-3-10(18)6-13(9)22-17(23)12-7-24-15-14(12)19-8-20-16(15)21-11-4-5-11;1-8-5-6-9(7-10(8)13)14-11(15)16-12(2,3)4;14-10(15)6-3-16-8-7(6)11-4-12-9(8)13-5-1-2-5;1-2;/h3-5,8-14,18H,6-7H2,1-2H3,(H,37,40)(H,38,41)(H,33,34,36);5-6,9-11,13H,7-8H2,1-4H3,(H,26,29)(H,27,28)(H,23,24,25);2-3,6-8,11H,4-5,18H2,1H3,(H,22,23)(H,19,20,21);5-7H,13H2,1-4H3,(H,14,15);3-5H,1-2H2,(H,14,15)(H,11,12,13);1H3;1H4/i;;;;;1D;. The average Bonchev–Trinajstić information content (AvgIpc) is 1.60. The van der Waals surface area contributed by atoms with Crippen LogP contribution in [0.15, 0.2) is 150 Å². The molecule has 32 nitrogen and oxygen atoms in total. The number of halogens is 4. The molecule has 0 aliphatic heterocycles. The van der Waals surface area contributed by atoms with Gasteiger partial charge in [-0.3, -0.25) is 34.2 Å². The Bertz CT molecular complexity index is 6640. The van der Waals surface area contributed by atoms with E-state index in [9.17, 15) is 51.1 Å². The lowest BCUT2D eigenvalue weighted by Gasteiger charge is -2.20. The van der Waals surface area contributed by atoms with Gasteiger partial charge in [0.1, 0.15) is 65.3 Å². The molecule has 18 rings (SSSR count). The number of nitrogens with two attached hydrogens (primary N) is 2. The monoisotopic (exact) mass is 1880 g/mol. The largest absolute Gasteiger partial charge is 0.478 e. The normalized spacial score (nSPS) is 13.3. The molecule has 0 spiro atoms. The molecular formula is C92H100F4N22O10S4. The van der Waals surface area contributed by atoms with Gasteiger partial charge in [-0.1, -0.05) is 31.7 Å². The van der Waals surface area contributed by atoms with Crippen molar-refractivity contribution in [2.24, 2.45) is 0 Å². The van der Waals surface area contributed by atoms with Crippen molar-refractivity contribution >= 4 is 197 Å². The lowest BCUT2D eigenvalue weighted by atomic mass is 10.1. The number of hydrogen-bond donors (Lipinski definition) is 13. The number of fused-ring (bicyclic) bond motifs is 4. The minimum atomic E-state index is -4.70. The van der Waals surface area contributed by atoms with Gasteiger partial charge in [-0.15, -0.1) is 45.3 Å². The summed E-state index contributed by atoms with van der Waals surface area (Å²) in [5.41, 5.74) is 21.8. The summed E-state index contributed by atoms with van der Waals surface area (Å²) in [5.74, 6) is 0.533. The summed E-state index contributed by atoms with van der Waals surface area (Å²) in [6.07, 6.45) is 11.9. The van der Waals surface area contributed by atoms with Crippen molar-refractivity contribution in [1.29, 1.82) is 0 Å². The van der Waals surface area contributed by atoms with Crippen LogP contribution in [0, 0.1) is 34.6 Å². The van der Waals surface area contributed by atoms with E-state index in [1.54, 1.807) is 99.3 Å². The van der Waals surface area contributed by atoms with Crippen LogP contribution < -0.4 is 64.6 Å². The van der Waals surface area contributed by atoms with Crippen LogP contribution in [0.3, 0.4) is 0 Å². The number of alkyl halides is 4. The van der Waals surface area contributed by atoms with Crippen LogP contribution in [0.5, 0.6) is 0 Å². The summed E-state index contributed by atoms with van der Waals surface area (Å²) in [4.78, 5) is 124. The Morgan fingerprint density at radius 2 is 0.795 bits per heavy atom. The number of imidazole rings is 1. The number of aromatic carboxylic acids is 1. The maximum atomic E-state index is 13.9. The molecule has 0 atom stereocenters. The number of nitrogens with one attached hydrogen (secondary N) is 10. The predicted octanol–water partition coefficient (Wildman–Crippen LogP) is 21.3. The number of thiophene rings is 4. The minimum Gasteiger partial charge on any atom is -0.478 e. The number of nitrogen functional groups attached to an aromatic ring is 2. The van der Waals surface area contributed by atoms with Crippen molar-refractivity contribution in [3.05, 3.63) is 212 Å². The number of ether oxygens (including phenoxy) is 2. The van der Waals surface area contributed by atoms with Gasteiger partial charge >= 0.3 is 24.3 Å². The fourth-order valence-electron chi connectivity index (χ4n) is 12.6. The molecule has 15 N–H and O–H groups in total. The summed E-state index contributed by atoms with van der Waals surface area (Å²) >= 11 is 5.68. The van der Waals surface area contributed by atoms with E-state index in [0.29, 0.717) is 120 Å². The Labute approximate surface area is 774 Å². The maximum absolute atomic E-state index is 13.9. The maximum Gasteiger partial charge on any atom is 0.418 e. The first-order chi connectivity index (χ1) is 62.8. The number of aromatic nitrogens is 10. The van der Waals surface area contributed by atoms with Gasteiger partial charge in [0.15, 0.2) is 0 Å². The number of carboxylic acids is 1. The van der Waals surface area contributed by atoms with Crippen molar-refractivity contribution < 1.29 is 67.1 Å². The van der Waals surface area contributed by atoms with Crippen LogP contribution in [-0.2, 0) is 15.7 Å². The number of carbonyl (C=O) groups is 7. The third-order valence-corrected chi connectivity index (χ3v) is 23.8. The molecule has 0 radical (unpaired) electrons. The van der Waals surface area contributed by atoms with Gasteiger partial charge in [-0.2, -0.15) is 13.2 Å². The minimum absolute atomic E-state index is 0. The topological polar surface area (TPSA) is 451 Å². The molecule has 9 heterocycles. The number of carbonyl (C=O) groups excluding carboxylic acids is 6. The van der Waals surface area contributed by atoms with Crippen LogP contribution in [0.2, 0.25) is 0 Å². The van der Waals surface area contributed by atoms with Gasteiger partial charge in [0, 0.05) is 103 Å². The number of aryl methyl sites for hydroxylation is 5. The second kappa shape index (κ2) is 41.8. The molecule has 0 bridgehead atoms. The molecule has 132 heavy (non-hydrogen) atoms. The highest BCUT2D eigenvalue weighted by Crippen LogP contribution is 2.41. The smallest absolute Gasteiger partial charge is 0.418 e. The summed E-state index contributed by atoms with van der Waals surface area (Å²) < 4.78 is 72.3. The summed E-state index contributed by atoms with van der Waals surface area (Å²) in [6, 6.07) is 26.2. The number of rotatable bonds is 20. The first-order valence-corrected chi connectivity index (χ1v) is 44.8. The van der Waals surface area contributed by atoms with Crippen molar-refractivity contribution in [2.75, 3.05) is 71.8 Å². The van der Waals surface area contributed by atoms with E-state index in [-0.39, 0.29) is 42.0 Å². The Balaban J connectivity index is 0.000000155. The van der Waals surface area contributed by atoms with Crippen LogP contribution in [0.1, 0.15) is 187 Å². The first-order valence-electron chi connectivity index (χ1n) is 42.0. The highest BCUT2D eigenvalue weighted by Gasteiger charge is 2.36. The lowest BCUT2D eigenvalue weighted by molar-refractivity contribution is -0.137. The third-order valence-electron chi connectivity index (χ3n) is 19.9. The van der Waals surface area contributed by atoms with E-state index in [0.717, 1.165) is 103 Å². The van der Waals surface area contributed by atoms with E-state index in [1.165, 1.54) is 113 Å². The number of carboxylic acid groups (broad SMARTS) is 1. The fraction of sp³-hybridized carbons (Fsp3) is 0.304. The van der Waals surface area contributed by atoms with Crippen LogP contribution in [-0.4, -0.2) is 139 Å². The summed E-state index contributed by atoms with van der Waals surface area (Å²) in [6.45, 7) is 20.0. The van der Waals surface area contributed by atoms with Crippen LogP contribution >= 0.6 is 45.3 Å². The molecule has 4 saturated carbocycles. The van der Waals surface area contributed by atoms with Crippen molar-refractivity contribution in [3.8, 4) is 5.69 Å². The van der Waals surface area contributed by atoms with Gasteiger partial charge in [0.2, 0.25) is 0 Å². The average molecular weight is 1880 g/mol. The zero-order chi connectivity index (χ0) is 94.6. The molecular weight excluding hydrogens is 1780 g/mol. The molecule has 4 aliphatic carbocycles. The molecule has 0 unspecified atom stereocenters. The number of amides is 6. The number of anilines is 12. The molecule has 9 aromatic heterocycles. The quantitative estimate of drug-likeness (QED) is 0.0249. The van der Waals surface area contributed by atoms with Gasteiger partial charge in [-0.25, -0.2) is 59.2 Å². The van der Waals surface area contributed by atoms with E-state index in [2.05, 4.69) is 98.0 Å². The summed E-state index contributed by atoms with van der Waals surface area (Å²) in [7, 11) is -1.00. The predicted molar refractivity (Wildman–Crippen MR) is 515 cm³/mol. The fourth-order valence-corrected chi connectivity index (χ4v) is 16.4. The molecule has 4 fully saturated rings. The number of benzene rings is 5. The molecule has 0 saturated heterocycles. The molecule has 14 aromatic rings. The van der Waals surface area contributed by atoms with Crippen LogP contribution in [0.4, 0.5) is 95.9 Å².